The molecule has 0 radical (unpaired) electrons. The lowest BCUT2D eigenvalue weighted by Gasteiger charge is -2.37. The zero-order valence-electron chi connectivity index (χ0n) is 28.5. The number of halogens is 1. The van der Waals surface area contributed by atoms with Crippen molar-refractivity contribution in [2.75, 3.05) is 19.0 Å². The summed E-state index contributed by atoms with van der Waals surface area (Å²) in [4.78, 5) is 102. The second-order valence-electron chi connectivity index (χ2n) is 12.3. The number of benzene rings is 2. The lowest BCUT2D eigenvalue weighted by Crippen LogP contribution is -2.60. The van der Waals surface area contributed by atoms with Crippen LogP contribution in [-0.2, 0) is 35.2 Å². The van der Waals surface area contributed by atoms with E-state index in [9.17, 15) is 43.5 Å². The summed E-state index contributed by atoms with van der Waals surface area (Å²) in [6, 6.07) is 9.55. The standard InChI is InChI=1S/C35H44ClN7O9/c36-20-28(44)40-25(15-16-29(45)46)34(51)43-18-5-4-10-27(43)33(50)42-26(32(49)41-24(31(37)48)9-6-17-39-35(38)52)19-21-11-13-23(14-12-21)30(47)22-7-2-1-3-8-22/h1-3,7-8,11-14,24-27H,4-6,9-10,15-20H2,(H2,37,48)(H,40,44)(H,41,49)(H,42,50)(H,45,46)(H3,38,39,52)/t24-,25-,26-,27-/m0/s1. The molecule has 1 aliphatic rings. The molecule has 1 fully saturated rings. The molecule has 1 aliphatic heterocycles. The van der Waals surface area contributed by atoms with Crippen LogP contribution in [0.4, 0.5) is 4.79 Å². The van der Waals surface area contributed by atoms with E-state index in [1.807, 2.05) is 0 Å². The number of hydrogen-bond acceptors (Lipinski definition) is 8. The minimum Gasteiger partial charge on any atom is -0.481 e. The van der Waals surface area contributed by atoms with E-state index < -0.39 is 78.0 Å². The SMILES string of the molecule is NC(=O)NCCC[C@H](NC(=O)[C@H](Cc1ccc(C(=O)c2ccccc2)cc1)NC(=O)[C@@H]1CCCCN1C(=O)[C@H](CCC(=O)O)NC(=O)CCl)C(N)=O. The number of amides is 7. The van der Waals surface area contributed by atoms with E-state index in [0.717, 1.165) is 0 Å². The van der Waals surface area contributed by atoms with Crippen LogP contribution >= 0.6 is 11.6 Å². The van der Waals surface area contributed by atoms with Gasteiger partial charge in [-0.25, -0.2) is 4.79 Å². The Hall–Kier alpha value is -5.51. The maximum Gasteiger partial charge on any atom is 0.312 e. The summed E-state index contributed by atoms with van der Waals surface area (Å²) in [5.74, 6) is -5.52. The third-order valence-electron chi connectivity index (χ3n) is 8.44. The molecule has 52 heavy (non-hydrogen) atoms. The third kappa shape index (κ3) is 12.7. The van der Waals surface area contributed by atoms with Gasteiger partial charge < -0.3 is 42.7 Å². The summed E-state index contributed by atoms with van der Waals surface area (Å²) in [6.45, 7) is 0.252. The first kappa shape index (κ1) is 40.9. The molecular formula is C35H44ClN7O9. The molecule has 0 saturated carbocycles. The largest absolute Gasteiger partial charge is 0.481 e. The van der Waals surface area contributed by atoms with Crippen LogP contribution in [0.5, 0.6) is 0 Å². The van der Waals surface area contributed by atoms with Crippen molar-refractivity contribution in [2.24, 2.45) is 11.5 Å². The van der Waals surface area contributed by atoms with Crippen molar-refractivity contribution < 1.29 is 43.5 Å². The first-order valence-electron chi connectivity index (χ1n) is 16.8. The first-order valence-corrected chi connectivity index (χ1v) is 17.3. The van der Waals surface area contributed by atoms with Crippen LogP contribution in [0.3, 0.4) is 0 Å². The summed E-state index contributed by atoms with van der Waals surface area (Å²) in [5, 5.41) is 19.3. The summed E-state index contributed by atoms with van der Waals surface area (Å²) in [5.41, 5.74) is 12.1. The molecule has 2 aromatic rings. The second kappa shape index (κ2) is 20.4. The predicted molar refractivity (Wildman–Crippen MR) is 189 cm³/mol. The molecule has 0 bridgehead atoms. The molecule has 7 amide bonds. The third-order valence-corrected chi connectivity index (χ3v) is 8.69. The smallest absolute Gasteiger partial charge is 0.312 e. The van der Waals surface area contributed by atoms with Crippen LogP contribution in [0.2, 0.25) is 0 Å². The molecule has 0 unspecified atom stereocenters. The number of piperidine rings is 1. The molecule has 0 spiro atoms. The van der Waals surface area contributed by atoms with Gasteiger partial charge in [0.05, 0.1) is 0 Å². The van der Waals surface area contributed by atoms with Gasteiger partial charge in [0, 0.05) is 37.1 Å². The van der Waals surface area contributed by atoms with Crippen molar-refractivity contribution in [3.8, 4) is 0 Å². The van der Waals surface area contributed by atoms with E-state index >= 15 is 0 Å². The topological polar surface area (TPSA) is 260 Å². The van der Waals surface area contributed by atoms with Gasteiger partial charge in [-0.1, -0.05) is 54.6 Å². The summed E-state index contributed by atoms with van der Waals surface area (Å²) >= 11 is 5.61. The Morgan fingerprint density at radius 2 is 1.50 bits per heavy atom. The summed E-state index contributed by atoms with van der Waals surface area (Å²) in [6.07, 6.45) is 0.857. The van der Waals surface area contributed by atoms with Crippen molar-refractivity contribution in [2.45, 2.75) is 75.5 Å². The van der Waals surface area contributed by atoms with E-state index in [2.05, 4.69) is 21.3 Å². The van der Waals surface area contributed by atoms with E-state index in [1.165, 1.54) is 4.90 Å². The van der Waals surface area contributed by atoms with Crippen molar-refractivity contribution in [3.63, 3.8) is 0 Å². The van der Waals surface area contributed by atoms with Crippen molar-refractivity contribution in [3.05, 3.63) is 71.3 Å². The van der Waals surface area contributed by atoms with Gasteiger partial charge in [-0.2, -0.15) is 0 Å². The zero-order chi connectivity index (χ0) is 38.2. The van der Waals surface area contributed by atoms with Crippen LogP contribution in [0.15, 0.2) is 54.6 Å². The van der Waals surface area contributed by atoms with Crippen LogP contribution in [0.1, 0.15) is 66.4 Å². The molecule has 17 heteroatoms. The Labute approximate surface area is 305 Å². The fourth-order valence-corrected chi connectivity index (χ4v) is 5.84. The van der Waals surface area contributed by atoms with Gasteiger partial charge in [0.1, 0.15) is 30.0 Å². The number of carboxylic acid groups (broad SMARTS) is 1. The number of hydrogen-bond donors (Lipinski definition) is 7. The molecule has 9 N–H and O–H groups in total. The molecular weight excluding hydrogens is 698 g/mol. The Balaban J connectivity index is 1.86. The van der Waals surface area contributed by atoms with E-state index in [0.29, 0.717) is 29.5 Å². The molecule has 1 heterocycles. The maximum atomic E-state index is 13.9. The minimum atomic E-state index is -1.29. The molecule has 280 valence electrons. The van der Waals surface area contributed by atoms with E-state index in [4.69, 9.17) is 23.1 Å². The van der Waals surface area contributed by atoms with Crippen molar-refractivity contribution >= 4 is 58.9 Å². The number of likely N-dealkylation sites (tertiary alicyclic amines) is 1. The van der Waals surface area contributed by atoms with Crippen molar-refractivity contribution in [1.82, 2.24) is 26.2 Å². The average Bonchev–Trinajstić information content (AvgIpc) is 3.13. The van der Waals surface area contributed by atoms with Gasteiger partial charge in [0.15, 0.2) is 5.78 Å². The summed E-state index contributed by atoms with van der Waals surface area (Å²) in [7, 11) is 0. The molecule has 3 rings (SSSR count). The molecule has 2 aromatic carbocycles. The normalized spacial score (nSPS) is 15.6. The number of carboxylic acids is 1. The highest BCUT2D eigenvalue weighted by atomic mass is 35.5. The highest BCUT2D eigenvalue weighted by Crippen LogP contribution is 2.21. The number of rotatable bonds is 19. The zero-order valence-corrected chi connectivity index (χ0v) is 29.2. The number of nitrogens with two attached hydrogens (primary N) is 2. The lowest BCUT2D eigenvalue weighted by atomic mass is 9.97. The van der Waals surface area contributed by atoms with Gasteiger partial charge in [-0.05, 0) is 44.1 Å². The number of alkyl halides is 1. The van der Waals surface area contributed by atoms with E-state index in [-0.39, 0.29) is 51.0 Å². The van der Waals surface area contributed by atoms with Gasteiger partial charge >= 0.3 is 12.0 Å². The number of aliphatic carboxylic acids is 1. The Kier molecular flexibility index (Phi) is 16.0. The van der Waals surface area contributed by atoms with Gasteiger partial charge in [0.2, 0.25) is 29.5 Å². The second-order valence-corrected chi connectivity index (χ2v) is 12.6. The highest BCUT2D eigenvalue weighted by molar-refractivity contribution is 6.27. The van der Waals surface area contributed by atoms with Crippen LogP contribution in [0, 0.1) is 0 Å². The van der Waals surface area contributed by atoms with Crippen LogP contribution < -0.4 is 32.7 Å². The number of urea groups is 1. The number of nitrogens with one attached hydrogen (secondary N) is 4. The van der Waals surface area contributed by atoms with E-state index in [1.54, 1.807) is 54.6 Å². The lowest BCUT2D eigenvalue weighted by molar-refractivity contribution is -0.146. The number of ketones is 1. The monoisotopic (exact) mass is 741 g/mol. The number of primary amides is 2. The molecule has 16 nitrogen and oxygen atoms in total. The van der Waals surface area contributed by atoms with Gasteiger partial charge in [-0.15, -0.1) is 11.6 Å². The van der Waals surface area contributed by atoms with Crippen LogP contribution in [0.25, 0.3) is 0 Å². The first-order chi connectivity index (χ1) is 24.8. The number of nitrogens with zero attached hydrogens (tertiary/aromatic N) is 1. The van der Waals surface area contributed by atoms with Gasteiger partial charge in [0.25, 0.3) is 0 Å². The summed E-state index contributed by atoms with van der Waals surface area (Å²) < 4.78 is 0. The molecule has 0 aliphatic carbocycles. The fraction of sp³-hybridized carbons (Fsp3) is 0.429. The van der Waals surface area contributed by atoms with Gasteiger partial charge in [-0.3, -0.25) is 33.6 Å². The molecule has 1 saturated heterocycles. The van der Waals surface area contributed by atoms with Crippen LogP contribution in [-0.4, -0.2) is 100 Å². The molecule has 0 aromatic heterocycles. The number of carbonyl (C=O) groups excluding carboxylic acids is 7. The van der Waals surface area contributed by atoms with Crippen molar-refractivity contribution in [1.29, 1.82) is 0 Å². The highest BCUT2D eigenvalue weighted by Gasteiger charge is 2.38. The molecule has 4 atom stereocenters. The Morgan fingerprint density at radius 1 is 0.827 bits per heavy atom. The fourth-order valence-electron chi connectivity index (χ4n) is 5.76. The Morgan fingerprint density at radius 3 is 2.12 bits per heavy atom. The average molecular weight is 742 g/mol. The quantitative estimate of drug-likeness (QED) is 0.0594. The predicted octanol–water partition coefficient (Wildman–Crippen LogP) is 0.333. The maximum absolute atomic E-state index is 13.9. The minimum absolute atomic E-state index is 0.0506. The Bertz CT molecular complexity index is 1610. The number of carbonyl (C=O) groups is 8.